The van der Waals surface area contributed by atoms with Crippen molar-refractivity contribution in [1.29, 1.82) is 0 Å². The number of hydrogen-bond acceptors (Lipinski definition) is 5. The molecule has 6 heteroatoms. The van der Waals surface area contributed by atoms with E-state index in [1.54, 1.807) is 14.2 Å². The SMILES string of the molecule is COCCOCCOCCNc1ccc(OC)c(Br)c1. The molecule has 0 saturated heterocycles. The molecule has 1 aromatic rings. The van der Waals surface area contributed by atoms with Gasteiger partial charge in [0.2, 0.25) is 0 Å². The topological polar surface area (TPSA) is 49.0 Å². The standard InChI is InChI=1S/C14H22BrNO4/c1-17-7-8-20-10-9-19-6-5-16-12-3-4-14(18-2)13(15)11-12/h3-4,11,16H,5-10H2,1-2H3. The average Bonchev–Trinajstić information content (AvgIpc) is 2.46. The second kappa shape index (κ2) is 10.9. The summed E-state index contributed by atoms with van der Waals surface area (Å²) >= 11 is 3.45. The summed E-state index contributed by atoms with van der Waals surface area (Å²) in [6.07, 6.45) is 0. The third kappa shape index (κ3) is 7.09. The van der Waals surface area contributed by atoms with E-state index in [0.717, 1.165) is 22.5 Å². The van der Waals surface area contributed by atoms with E-state index in [2.05, 4.69) is 21.2 Å². The lowest BCUT2D eigenvalue weighted by Gasteiger charge is -2.09. The van der Waals surface area contributed by atoms with Gasteiger partial charge < -0.3 is 24.3 Å². The van der Waals surface area contributed by atoms with Crippen LogP contribution in [0.3, 0.4) is 0 Å². The van der Waals surface area contributed by atoms with Crippen LogP contribution >= 0.6 is 15.9 Å². The van der Waals surface area contributed by atoms with Gasteiger partial charge in [-0.3, -0.25) is 0 Å². The summed E-state index contributed by atoms with van der Waals surface area (Å²) in [5.74, 6) is 0.819. The van der Waals surface area contributed by atoms with Gasteiger partial charge in [0.25, 0.3) is 0 Å². The third-order valence-electron chi connectivity index (χ3n) is 2.53. The van der Waals surface area contributed by atoms with Gasteiger partial charge >= 0.3 is 0 Å². The molecule has 1 N–H and O–H groups in total. The van der Waals surface area contributed by atoms with Crippen molar-refractivity contribution in [1.82, 2.24) is 0 Å². The molecule has 0 aliphatic carbocycles. The number of ether oxygens (including phenoxy) is 4. The van der Waals surface area contributed by atoms with E-state index in [1.807, 2.05) is 18.2 Å². The van der Waals surface area contributed by atoms with Gasteiger partial charge in [0.1, 0.15) is 5.75 Å². The predicted octanol–water partition coefficient (Wildman–Crippen LogP) is 2.55. The van der Waals surface area contributed by atoms with Crippen LogP contribution in [0.2, 0.25) is 0 Å². The number of benzene rings is 1. The van der Waals surface area contributed by atoms with Gasteiger partial charge in [0, 0.05) is 19.3 Å². The van der Waals surface area contributed by atoms with E-state index in [4.69, 9.17) is 18.9 Å². The zero-order valence-electron chi connectivity index (χ0n) is 12.0. The Morgan fingerprint density at radius 1 is 1.00 bits per heavy atom. The summed E-state index contributed by atoms with van der Waals surface area (Å²) < 4.78 is 21.7. The molecule has 0 amide bonds. The molecule has 5 nitrogen and oxygen atoms in total. The van der Waals surface area contributed by atoms with Gasteiger partial charge in [0.15, 0.2) is 0 Å². The first-order valence-electron chi connectivity index (χ1n) is 6.49. The Balaban J connectivity index is 2.05. The van der Waals surface area contributed by atoms with Crippen LogP contribution in [0.1, 0.15) is 0 Å². The fraction of sp³-hybridized carbons (Fsp3) is 0.571. The van der Waals surface area contributed by atoms with E-state index in [1.165, 1.54) is 0 Å². The Morgan fingerprint density at radius 3 is 2.35 bits per heavy atom. The molecule has 0 atom stereocenters. The fourth-order valence-electron chi connectivity index (χ4n) is 1.51. The number of hydrogen-bond donors (Lipinski definition) is 1. The van der Waals surface area contributed by atoms with Crippen molar-refractivity contribution in [2.24, 2.45) is 0 Å². The maximum Gasteiger partial charge on any atom is 0.133 e. The van der Waals surface area contributed by atoms with Crippen LogP contribution in [0.4, 0.5) is 5.69 Å². The highest BCUT2D eigenvalue weighted by Gasteiger charge is 2.00. The Hall–Kier alpha value is -0.820. The first-order chi connectivity index (χ1) is 9.77. The lowest BCUT2D eigenvalue weighted by Crippen LogP contribution is -2.13. The van der Waals surface area contributed by atoms with E-state index < -0.39 is 0 Å². The third-order valence-corrected chi connectivity index (χ3v) is 3.15. The zero-order chi connectivity index (χ0) is 14.6. The molecule has 0 saturated carbocycles. The van der Waals surface area contributed by atoms with E-state index in [0.29, 0.717) is 33.0 Å². The van der Waals surface area contributed by atoms with Crippen LogP contribution in [-0.2, 0) is 14.2 Å². The summed E-state index contributed by atoms with van der Waals surface area (Å²) in [6, 6.07) is 5.86. The molecule has 0 aliphatic rings. The minimum Gasteiger partial charge on any atom is -0.496 e. The largest absolute Gasteiger partial charge is 0.496 e. The number of halogens is 1. The molecule has 0 bridgehead atoms. The second-order valence-electron chi connectivity index (χ2n) is 3.99. The first kappa shape index (κ1) is 17.2. The molecule has 0 fully saturated rings. The summed E-state index contributed by atoms with van der Waals surface area (Å²) in [5, 5.41) is 3.28. The molecule has 0 heterocycles. The van der Waals surface area contributed by atoms with Crippen molar-refractivity contribution in [3.63, 3.8) is 0 Å². The zero-order valence-corrected chi connectivity index (χ0v) is 13.6. The molecular weight excluding hydrogens is 326 g/mol. The van der Waals surface area contributed by atoms with Crippen molar-refractivity contribution >= 4 is 21.6 Å². The van der Waals surface area contributed by atoms with Crippen molar-refractivity contribution in [2.45, 2.75) is 0 Å². The van der Waals surface area contributed by atoms with Gasteiger partial charge in [-0.25, -0.2) is 0 Å². The predicted molar refractivity (Wildman–Crippen MR) is 82.7 cm³/mol. The number of anilines is 1. The normalized spacial score (nSPS) is 10.6. The van der Waals surface area contributed by atoms with Crippen molar-refractivity contribution < 1.29 is 18.9 Å². The van der Waals surface area contributed by atoms with Gasteiger partial charge in [0.05, 0.1) is 44.6 Å². The quantitative estimate of drug-likeness (QED) is 0.623. The van der Waals surface area contributed by atoms with E-state index in [-0.39, 0.29) is 0 Å². The summed E-state index contributed by atoms with van der Waals surface area (Å²) in [7, 11) is 3.30. The monoisotopic (exact) mass is 347 g/mol. The molecule has 1 rings (SSSR count). The molecule has 0 aromatic heterocycles. The Labute approximate surface area is 128 Å². The lowest BCUT2D eigenvalue weighted by atomic mass is 10.3. The second-order valence-corrected chi connectivity index (χ2v) is 4.85. The molecule has 0 unspecified atom stereocenters. The minimum atomic E-state index is 0.595. The van der Waals surface area contributed by atoms with E-state index in [9.17, 15) is 0 Å². The highest BCUT2D eigenvalue weighted by atomic mass is 79.9. The van der Waals surface area contributed by atoms with Gasteiger partial charge in [-0.05, 0) is 34.1 Å². The van der Waals surface area contributed by atoms with E-state index >= 15 is 0 Å². The first-order valence-corrected chi connectivity index (χ1v) is 7.29. The summed E-state index contributed by atoms with van der Waals surface area (Å²) in [4.78, 5) is 0. The van der Waals surface area contributed by atoms with Crippen molar-refractivity contribution in [3.05, 3.63) is 22.7 Å². The minimum absolute atomic E-state index is 0.595. The Morgan fingerprint density at radius 2 is 1.70 bits per heavy atom. The van der Waals surface area contributed by atoms with Crippen LogP contribution in [0.15, 0.2) is 22.7 Å². The molecule has 0 radical (unpaired) electrons. The number of methoxy groups -OCH3 is 2. The van der Waals surface area contributed by atoms with Crippen LogP contribution in [0.25, 0.3) is 0 Å². The molecule has 0 aliphatic heterocycles. The summed E-state index contributed by atoms with van der Waals surface area (Å²) in [5.41, 5.74) is 1.03. The van der Waals surface area contributed by atoms with Gasteiger partial charge in [-0.2, -0.15) is 0 Å². The van der Waals surface area contributed by atoms with Gasteiger partial charge in [-0.15, -0.1) is 0 Å². The maximum absolute atomic E-state index is 5.45. The molecule has 1 aromatic carbocycles. The highest BCUT2D eigenvalue weighted by Crippen LogP contribution is 2.27. The summed E-state index contributed by atoms with van der Waals surface area (Å²) in [6.45, 7) is 3.80. The average molecular weight is 348 g/mol. The van der Waals surface area contributed by atoms with Crippen LogP contribution in [0, 0.1) is 0 Å². The number of rotatable bonds is 11. The van der Waals surface area contributed by atoms with Crippen molar-refractivity contribution in [2.75, 3.05) is 59.1 Å². The molecular formula is C14H22BrNO4. The van der Waals surface area contributed by atoms with Crippen LogP contribution in [0.5, 0.6) is 5.75 Å². The van der Waals surface area contributed by atoms with Crippen LogP contribution in [-0.4, -0.2) is 53.8 Å². The van der Waals surface area contributed by atoms with Crippen LogP contribution < -0.4 is 10.1 Å². The molecule has 0 spiro atoms. The van der Waals surface area contributed by atoms with Crippen molar-refractivity contribution in [3.8, 4) is 5.75 Å². The Kier molecular flexibility index (Phi) is 9.40. The molecule has 114 valence electrons. The number of nitrogens with one attached hydrogen (secondary N) is 1. The molecule has 20 heavy (non-hydrogen) atoms. The maximum atomic E-state index is 5.45. The lowest BCUT2D eigenvalue weighted by molar-refractivity contribution is 0.0272. The van der Waals surface area contributed by atoms with Gasteiger partial charge in [-0.1, -0.05) is 0 Å². The Bertz CT molecular complexity index is 376. The highest BCUT2D eigenvalue weighted by molar-refractivity contribution is 9.10. The smallest absolute Gasteiger partial charge is 0.133 e. The fourth-order valence-corrected chi connectivity index (χ4v) is 2.05.